The van der Waals surface area contributed by atoms with Crippen LogP contribution >= 0.6 is 0 Å². The van der Waals surface area contributed by atoms with E-state index in [2.05, 4.69) is 5.32 Å². The molecule has 11 heteroatoms. The molecule has 2 saturated heterocycles. The summed E-state index contributed by atoms with van der Waals surface area (Å²) < 4.78 is 63.8. The number of halogens is 3. The van der Waals surface area contributed by atoms with Gasteiger partial charge < -0.3 is 15.1 Å². The first-order valence-electron chi connectivity index (χ1n) is 9.03. The summed E-state index contributed by atoms with van der Waals surface area (Å²) in [6.07, 6.45) is -1.51. The molecule has 2 heterocycles. The molecule has 1 aromatic rings. The number of nitrogens with zero attached hydrogens (tertiary/aromatic N) is 3. The van der Waals surface area contributed by atoms with Crippen LogP contribution in [0.3, 0.4) is 0 Å². The normalized spacial score (nSPS) is 19.1. The third-order valence-corrected chi connectivity index (χ3v) is 6.31. The number of anilines is 2. The first-order valence-corrected chi connectivity index (χ1v) is 10.9. The lowest BCUT2D eigenvalue weighted by Crippen LogP contribution is -2.51. The van der Waals surface area contributed by atoms with Gasteiger partial charge in [-0.1, -0.05) is 0 Å². The highest BCUT2D eigenvalue weighted by Crippen LogP contribution is 2.36. The van der Waals surface area contributed by atoms with Crippen LogP contribution in [0, 0.1) is 0 Å². The smallest absolute Gasteiger partial charge is 0.370 e. The average molecular weight is 420 g/mol. The van der Waals surface area contributed by atoms with Crippen molar-refractivity contribution in [3.63, 3.8) is 0 Å². The Balaban J connectivity index is 1.77. The van der Waals surface area contributed by atoms with Crippen molar-refractivity contribution >= 4 is 27.4 Å². The number of carbonyl (C=O) groups is 1. The Morgan fingerprint density at radius 1 is 1.04 bits per heavy atom. The number of rotatable bonds is 3. The van der Waals surface area contributed by atoms with Crippen molar-refractivity contribution in [1.82, 2.24) is 9.21 Å². The summed E-state index contributed by atoms with van der Waals surface area (Å²) in [5.74, 6) is 0. The number of benzene rings is 1. The molecule has 0 radical (unpaired) electrons. The third-order valence-electron chi connectivity index (χ3n) is 5.01. The Morgan fingerprint density at radius 2 is 1.64 bits per heavy atom. The number of amides is 2. The molecule has 0 aliphatic carbocycles. The fourth-order valence-electron chi connectivity index (χ4n) is 3.46. The molecule has 0 bridgehead atoms. The molecule has 28 heavy (non-hydrogen) atoms. The highest BCUT2D eigenvalue weighted by atomic mass is 32.2. The van der Waals surface area contributed by atoms with Gasteiger partial charge in [-0.2, -0.15) is 17.5 Å². The standard InChI is InChI=1S/C17H23F3N4O3S/c1-28(26,27)24-10-8-23(9-11-24)16(25)21-14-12-13(17(18,19)20)4-5-15(14)22-6-2-3-7-22/h4-5,12H,2-3,6-11H2,1H3,(H,21,25). The first-order chi connectivity index (χ1) is 13.1. The molecule has 1 N–H and O–H groups in total. The van der Waals surface area contributed by atoms with Crippen molar-refractivity contribution < 1.29 is 26.4 Å². The highest BCUT2D eigenvalue weighted by molar-refractivity contribution is 7.88. The van der Waals surface area contributed by atoms with E-state index in [1.807, 2.05) is 4.90 Å². The zero-order valence-electron chi connectivity index (χ0n) is 15.5. The summed E-state index contributed by atoms with van der Waals surface area (Å²) >= 11 is 0. The van der Waals surface area contributed by atoms with Gasteiger partial charge in [0.15, 0.2) is 0 Å². The van der Waals surface area contributed by atoms with Crippen LogP contribution in [-0.4, -0.2) is 69.2 Å². The van der Waals surface area contributed by atoms with E-state index in [9.17, 15) is 26.4 Å². The largest absolute Gasteiger partial charge is 0.416 e. The third kappa shape index (κ3) is 4.69. The number of urea groups is 1. The summed E-state index contributed by atoms with van der Waals surface area (Å²) in [5.41, 5.74) is -0.145. The number of hydrogen-bond acceptors (Lipinski definition) is 4. The van der Waals surface area contributed by atoms with Gasteiger partial charge in [-0.05, 0) is 31.0 Å². The number of piperazine rings is 1. The summed E-state index contributed by atoms with van der Waals surface area (Å²) in [6.45, 7) is 2.12. The van der Waals surface area contributed by atoms with Crippen molar-refractivity contribution in [2.45, 2.75) is 19.0 Å². The molecule has 0 atom stereocenters. The highest BCUT2D eigenvalue weighted by Gasteiger charge is 2.32. The predicted molar refractivity (Wildman–Crippen MR) is 99.9 cm³/mol. The second-order valence-corrected chi connectivity index (χ2v) is 8.99. The van der Waals surface area contributed by atoms with Gasteiger partial charge in [0.1, 0.15) is 0 Å². The average Bonchev–Trinajstić information content (AvgIpc) is 3.14. The molecule has 0 unspecified atom stereocenters. The molecule has 2 aliphatic heterocycles. The van der Waals surface area contributed by atoms with Crippen molar-refractivity contribution in [2.75, 3.05) is 55.7 Å². The number of sulfonamides is 1. The van der Waals surface area contributed by atoms with Crippen LogP contribution in [0.15, 0.2) is 18.2 Å². The van der Waals surface area contributed by atoms with Gasteiger partial charge in [0.05, 0.1) is 23.2 Å². The van der Waals surface area contributed by atoms with E-state index >= 15 is 0 Å². The van der Waals surface area contributed by atoms with Crippen LogP contribution in [0.1, 0.15) is 18.4 Å². The fraction of sp³-hybridized carbons (Fsp3) is 0.588. The summed E-state index contributed by atoms with van der Waals surface area (Å²) in [5, 5.41) is 2.60. The number of hydrogen-bond donors (Lipinski definition) is 1. The SMILES string of the molecule is CS(=O)(=O)N1CCN(C(=O)Nc2cc(C(F)(F)F)ccc2N2CCCC2)CC1. The van der Waals surface area contributed by atoms with Gasteiger partial charge in [-0.25, -0.2) is 13.2 Å². The van der Waals surface area contributed by atoms with E-state index in [1.54, 1.807) is 0 Å². The number of nitrogens with one attached hydrogen (secondary N) is 1. The quantitative estimate of drug-likeness (QED) is 0.815. The maximum atomic E-state index is 13.1. The summed E-state index contributed by atoms with van der Waals surface area (Å²) in [4.78, 5) is 16.0. The lowest BCUT2D eigenvalue weighted by Gasteiger charge is -2.33. The van der Waals surface area contributed by atoms with Gasteiger partial charge in [-0.15, -0.1) is 0 Å². The van der Waals surface area contributed by atoms with E-state index in [0.29, 0.717) is 5.69 Å². The van der Waals surface area contributed by atoms with Gasteiger partial charge >= 0.3 is 12.2 Å². The van der Waals surface area contributed by atoms with Crippen molar-refractivity contribution in [3.05, 3.63) is 23.8 Å². The topological polar surface area (TPSA) is 73.0 Å². The lowest BCUT2D eigenvalue weighted by molar-refractivity contribution is -0.137. The van der Waals surface area contributed by atoms with Gasteiger partial charge in [0.2, 0.25) is 10.0 Å². The molecule has 3 rings (SSSR count). The molecular weight excluding hydrogens is 397 g/mol. The molecule has 1 aromatic carbocycles. The fourth-order valence-corrected chi connectivity index (χ4v) is 4.29. The lowest BCUT2D eigenvalue weighted by atomic mass is 10.1. The molecular formula is C17H23F3N4O3S. The van der Waals surface area contributed by atoms with Crippen molar-refractivity contribution in [1.29, 1.82) is 0 Å². The monoisotopic (exact) mass is 420 g/mol. The summed E-state index contributed by atoms with van der Waals surface area (Å²) in [6, 6.07) is 2.84. The van der Waals surface area contributed by atoms with E-state index in [-0.39, 0.29) is 31.9 Å². The maximum Gasteiger partial charge on any atom is 0.416 e. The minimum absolute atomic E-state index is 0.118. The minimum atomic E-state index is -4.51. The Hall–Kier alpha value is -2.01. The second kappa shape index (κ2) is 7.78. The first kappa shape index (κ1) is 20.7. The summed E-state index contributed by atoms with van der Waals surface area (Å²) in [7, 11) is -3.33. The van der Waals surface area contributed by atoms with Crippen molar-refractivity contribution in [2.24, 2.45) is 0 Å². The predicted octanol–water partition coefficient (Wildman–Crippen LogP) is 2.41. The maximum absolute atomic E-state index is 13.1. The van der Waals surface area contributed by atoms with E-state index in [0.717, 1.165) is 44.3 Å². The molecule has 2 aliphatic rings. The molecule has 2 fully saturated rings. The van der Waals surface area contributed by atoms with E-state index in [4.69, 9.17) is 0 Å². The number of alkyl halides is 3. The van der Waals surface area contributed by atoms with Crippen LogP contribution < -0.4 is 10.2 Å². The van der Waals surface area contributed by atoms with Crippen LogP contribution in [0.5, 0.6) is 0 Å². The number of carbonyl (C=O) groups excluding carboxylic acids is 1. The molecule has 7 nitrogen and oxygen atoms in total. The minimum Gasteiger partial charge on any atom is -0.370 e. The van der Waals surface area contributed by atoms with E-state index < -0.39 is 27.8 Å². The van der Waals surface area contributed by atoms with Crippen LogP contribution in [0.25, 0.3) is 0 Å². The molecule has 0 aromatic heterocycles. The zero-order valence-corrected chi connectivity index (χ0v) is 16.3. The molecule has 0 spiro atoms. The Kier molecular flexibility index (Phi) is 5.76. The van der Waals surface area contributed by atoms with Crippen LogP contribution in [0.2, 0.25) is 0 Å². The Morgan fingerprint density at radius 3 is 2.18 bits per heavy atom. The van der Waals surface area contributed by atoms with Gasteiger partial charge in [0, 0.05) is 39.3 Å². The van der Waals surface area contributed by atoms with E-state index in [1.165, 1.54) is 15.3 Å². The second-order valence-electron chi connectivity index (χ2n) is 7.00. The van der Waals surface area contributed by atoms with Crippen LogP contribution in [0.4, 0.5) is 29.3 Å². The van der Waals surface area contributed by atoms with Crippen molar-refractivity contribution in [3.8, 4) is 0 Å². The molecule has 156 valence electrons. The Bertz CT molecular complexity index is 831. The van der Waals surface area contributed by atoms with Crippen LogP contribution in [-0.2, 0) is 16.2 Å². The van der Waals surface area contributed by atoms with Gasteiger partial charge in [-0.3, -0.25) is 0 Å². The Labute approximate surface area is 162 Å². The molecule has 0 saturated carbocycles. The zero-order chi connectivity index (χ0) is 20.5. The molecule has 2 amide bonds. The van der Waals surface area contributed by atoms with Gasteiger partial charge in [0.25, 0.3) is 0 Å².